The molecule has 1 saturated heterocycles. The molecule has 1 amide bonds. The first-order valence-corrected chi connectivity index (χ1v) is 9.89. The van der Waals surface area contributed by atoms with Gasteiger partial charge in [-0.15, -0.1) is 0 Å². The summed E-state index contributed by atoms with van der Waals surface area (Å²) in [6, 6.07) is 7.88. The van der Waals surface area contributed by atoms with Crippen LogP contribution in [0.5, 0.6) is 5.75 Å². The van der Waals surface area contributed by atoms with Crippen LogP contribution in [0.4, 0.5) is 13.2 Å². The summed E-state index contributed by atoms with van der Waals surface area (Å²) in [7, 11) is 0. The maximum atomic E-state index is 12.8. The smallest absolute Gasteiger partial charge is 0.422 e. The lowest BCUT2D eigenvalue weighted by molar-refractivity contribution is -0.153. The van der Waals surface area contributed by atoms with Crippen LogP contribution < -0.4 is 10.1 Å². The Morgan fingerprint density at radius 3 is 2.81 bits per heavy atom. The molecule has 3 aromatic rings. The second-order valence-corrected chi connectivity index (χ2v) is 8.08. The zero-order chi connectivity index (χ0) is 22.2. The number of hydrogen-bond acceptors (Lipinski definition) is 4. The third-order valence-electron chi connectivity index (χ3n) is 4.95. The Morgan fingerprint density at radius 1 is 1.32 bits per heavy atom. The molecule has 0 radical (unpaired) electrons. The number of nitrogens with one attached hydrogen (secondary N) is 1. The van der Waals surface area contributed by atoms with Gasteiger partial charge < -0.3 is 19.2 Å². The maximum Gasteiger partial charge on any atom is 0.422 e. The summed E-state index contributed by atoms with van der Waals surface area (Å²) in [6.45, 7) is 1.44. The average Bonchev–Trinajstić information content (AvgIpc) is 3.31. The number of fused-ring (bicyclic) bond motifs is 1. The van der Waals surface area contributed by atoms with Crippen molar-refractivity contribution in [3.63, 3.8) is 0 Å². The Bertz CT molecular complexity index is 1120. The fourth-order valence-electron chi connectivity index (χ4n) is 3.45. The molecule has 0 bridgehead atoms. The van der Waals surface area contributed by atoms with E-state index in [1.807, 2.05) is 6.92 Å². The van der Waals surface area contributed by atoms with Gasteiger partial charge in [0.25, 0.3) is 5.91 Å². The van der Waals surface area contributed by atoms with Gasteiger partial charge in [-0.3, -0.25) is 4.79 Å². The molecule has 1 atom stereocenters. The fourth-order valence-corrected chi connectivity index (χ4v) is 3.66. The molecular formula is C21H19ClF3N3O3. The van der Waals surface area contributed by atoms with Crippen LogP contribution >= 0.6 is 11.6 Å². The number of carbonyl (C=O) groups excluding carboxylic acids is 1. The molecule has 6 nitrogen and oxygen atoms in total. The molecule has 1 aliphatic heterocycles. The van der Waals surface area contributed by atoms with E-state index in [9.17, 15) is 18.0 Å². The highest BCUT2D eigenvalue weighted by molar-refractivity contribution is 6.31. The molecule has 31 heavy (non-hydrogen) atoms. The van der Waals surface area contributed by atoms with Gasteiger partial charge in [-0.05, 0) is 25.5 Å². The van der Waals surface area contributed by atoms with Crippen LogP contribution in [0.15, 0.2) is 42.7 Å². The summed E-state index contributed by atoms with van der Waals surface area (Å²) in [4.78, 5) is 17.2. The Hall–Kier alpha value is -2.78. The Morgan fingerprint density at radius 2 is 2.10 bits per heavy atom. The Labute approximate surface area is 180 Å². The van der Waals surface area contributed by atoms with Crippen LogP contribution in [0.3, 0.4) is 0 Å². The second-order valence-electron chi connectivity index (χ2n) is 7.65. The van der Waals surface area contributed by atoms with Crippen molar-refractivity contribution in [1.82, 2.24) is 14.7 Å². The number of alkyl halides is 3. The van der Waals surface area contributed by atoms with Crippen molar-refractivity contribution in [2.45, 2.75) is 25.1 Å². The monoisotopic (exact) mass is 453 g/mol. The van der Waals surface area contributed by atoms with Gasteiger partial charge in [0.05, 0.1) is 17.2 Å². The zero-order valence-corrected chi connectivity index (χ0v) is 17.3. The predicted molar refractivity (Wildman–Crippen MR) is 108 cm³/mol. The van der Waals surface area contributed by atoms with Gasteiger partial charge in [-0.1, -0.05) is 29.8 Å². The van der Waals surface area contributed by atoms with Crippen LogP contribution in [0.2, 0.25) is 5.02 Å². The van der Waals surface area contributed by atoms with Gasteiger partial charge >= 0.3 is 6.18 Å². The number of aromatic nitrogens is 2. The van der Waals surface area contributed by atoms with Crippen LogP contribution in [0.25, 0.3) is 16.8 Å². The highest BCUT2D eigenvalue weighted by Gasteiger charge is 2.32. The summed E-state index contributed by atoms with van der Waals surface area (Å²) in [5, 5.41) is 3.26. The number of imidazole rings is 1. The number of halogens is 4. The molecule has 1 aliphatic rings. The number of nitrogens with zero attached hydrogens (tertiary/aromatic N) is 2. The lowest BCUT2D eigenvalue weighted by Gasteiger charge is -2.22. The molecule has 10 heteroatoms. The number of ether oxygens (including phenoxy) is 2. The third-order valence-corrected chi connectivity index (χ3v) is 5.16. The minimum atomic E-state index is -4.48. The van der Waals surface area contributed by atoms with Gasteiger partial charge in [0.15, 0.2) is 6.61 Å². The van der Waals surface area contributed by atoms with E-state index >= 15 is 0 Å². The average molecular weight is 454 g/mol. The van der Waals surface area contributed by atoms with E-state index in [1.165, 1.54) is 12.3 Å². The Kier molecular flexibility index (Phi) is 5.57. The fraction of sp³-hybridized carbons (Fsp3) is 0.333. The van der Waals surface area contributed by atoms with Crippen LogP contribution in [-0.4, -0.2) is 46.8 Å². The van der Waals surface area contributed by atoms with Crippen molar-refractivity contribution in [2.24, 2.45) is 0 Å². The first kappa shape index (κ1) is 21.5. The van der Waals surface area contributed by atoms with Crippen molar-refractivity contribution in [3.05, 3.63) is 53.4 Å². The lowest BCUT2D eigenvalue weighted by atomic mass is 10.0. The molecule has 1 unspecified atom stereocenters. The molecule has 1 fully saturated rings. The molecule has 1 aromatic carbocycles. The summed E-state index contributed by atoms with van der Waals surface area (Å²) < 4.78 is 49.9. The van der Waals surface area contributed by atoms with Crippen molar-refractivity contribution >= 4 is 23.2 Å². The number of carbonyl (C=O) groups is 1. The van der Waals surface area contributed by atoms with E-state index in [4.69, 9.17) is 21.1 Å². The first-order chi connectivity index (χ1) is 14.6. The summed E-state index contributed by atoms with van der Waals surface area (Å²) >= 11 is 6.24. The summed E-state index contributed by atoms with van der Waals surface area (Å²) in [6.07, 6.45) is -0.690. The molecule has 4 rings (SSSR count). The topological polar surface area (TPSA) is 64.9 Å². The number of rotatable bonds is 5. The van der Waals surface area contributed by atoms with Crippen molar-refractivity contribution in [3.8, 4) is 16.9 Å². The van der Waals surface area contributed by atoms with Crippen molar-refractivity contribution < 1.29 is 27.4 Å². The predicted octanol–water partition coefficient (Wildman–Crippen LogP) is 4.50. The maximum absolute atomic E-state index is 12.8. The largest absolute Gasteiger partial charge is 0.483 e. The normalized spacial score (nSPS) is 19.0. The molecule has 2 aromatic heterocycles. The zero-order valence-electron chi connectivity index (χ0n) is 16.5. The molecule has 0 spiro atoms. The SMILES string of the molecule is CC1(NC(=O)c2cn3cc(Cl)cc(-c4ccccc4OCC(F)(F)F)c3n2)CCOC1. The number of benzene rings is 1. The van der Waals surface area contributed by atoms with Gasteiger partial charge in [0, 0.05) is 30.1 Å². The second kappa shape index (κ2) is 8.05. The minimum absolute atomic E-state index is 0.0357. The van der Waals surface area contributed by atoms with E-state index in [1.54, 1.807) is 34.9 Å². The highest BCUT2D eigenvalue weighted by atomic mass is 35.5. The van der Waals surface area contributed by atoms with Crippen molar-refractivity contribution in [1.29, 1.82) is 0 Å². The lowest BCUT2D eigenvalue weighted by Crippen LogP contribution is -2.46. The van der Waals surface area contributed by atoms with Gasteiger partial charge in [-0.2, -0.15) is 13.2 Å². The highest BCUT2D eigenvalue weighted by Crippen LogP contribution is 2.35. The summed E-state index contributed by atoms with van der Waals surface area (Å²) in [5.41, 5.74) is 0.870. The minimum Gasteiger partial charge on any atom is -0.483 e. The van der Waals surface area contributed by atoms with E-state index in [-0.39, 0.29) is 17.4 Å². The standard InChI is InChI=1S/C21H19ClF3N3O3/c1-20(6-7-30-11-20)27-19(29)16-10-28-9-13(22)8-15(18(28)26-16)14-4-2-3-5-17(14)31-12-21(23,24)25/h2-5,8-10H,6-7,11-12H2,1H3,(H,27,29). The third kappa shape index (κ3) is 4.77. The number of para-hydroxylation sites is 1. The number of amides is 1. The van der Waals surface area contributed by atoms with Crippen LogP contribution in [0.1, 0.15) is 23.8 Å². The molecule has 1 N–H and O–H groups in total. The van der Waals surface area contributed by atoms with Gasteiger partial charge in [0.1, 0.15) is 17.1 Å². The van der Waals surface area contributed by atoms with Crippen LogP contribution in [-0.2, 0) is 4.74 Å². The molecule has 3 heterocycles. The van der Waals surface area contributed by atoms with E-state index in [2.05, 4.69) is 10.3 Å². The Balaban J connectivity index is 1.72. The van der Waals surface area contributed by atoms with Crippen LogP contribution in [0, 0.1) is 0 Å². The summed E-state index contributed by atoms with van der Waals surface area (Å²) in [5.74, 6) is -0.339. The van der Waals surface area contributed by atoms with Gasteiger partial charge in [0.2, 0.25) is 0 Å². The van der Waals surface area contributed by atoms with E-state index < -0.39 is 18.3 Å². The number of hydrogen-bond donors (Lipinski definition) is 1. The first-order valence-electron chi connectivity index (χ1n) is 9.51. The molecular weight excluding hydrogens is 435 g/mol. The number of pyridine rings is 1. The van der Waals surface area contributed by atoms with E-state index in [0.29, 0.717) is 41.4 Å². The van der Waals surface area contributed by atoms with Crippen molar-refractivity contribution in [2.75, 3.05) is 19.8 Å². The molecule has 164 valence electrons. The van der Waals surface area contributed by atoms with E-state index in [0.717, 1.165) is 0 Å². The quantitative estimate of drug-likeness (QED) is 0.617. The molecule has 0 aliphatic carbocycles. The molecule has 0 saturated carbocycles. The van der Waals surface area contributed by atoms with Gasteiger partial charge in [-0.25, -0.2) is 4.98 Å².